The number of Topliss-reactive ketones (excluding diaryl/α,β-unsaturated/α-hetero) is 1. The smallest absolute Gasteiger partial charge is 0.410 e. The number of nitrogens with zero attached hydrogens (tertiary/aromatic N) is 4. The Bertz CT molecular complexity index is 4540. The first-order chi connectivity index (χ1) is 59.0. The van der Waals surface area contributed by atoms with Crippen molar-refractivity contribution in [2.45, 2.75) is 251 Å². The number of carboxylic acid groups (broad SMARTS) is 2. The lowest BCUT2D eigenvalue weighted by atomic mass is 9.90. The molecule has 32 nitrogen and oxygen atoms in total. The minimum absolute atomic E-state index is 0.0157. The van der Waals surface area contributed by atoms with Crippen molar-refractivity contribution in [2.75, 3.05) is 53.6 Å². The van der Waals surface area contributed by atoms with Gasteiger partial charge in [-0.2, -0.15) is 0 Å². The Balaban J connectivity index is 0.000000294. The number of ether oxygens (including phenoxy) is 8. The highest BCUT2D eigenvalue weighted by Crippen LogP contribution is 2.57. The molecule has 3 aromatic rings. The third-order valence-electron chi connectivity index (χ3n) is 21.2. The van der Waals surface area contributed by atoms with Crippen LogP contribution in [0.1, 0.15) is 220 Å². The number of aliphatic carboxylic acids is 2. The third-order valence-corrected chi connectivity index (χ3v) is 23.0. The average Bonchev–Trinajstić information content (AvgIpc) is 1.57. The van der Waals surface area contributed by atoms with Gasteiger partial charge in [0.1, 0.15) is 47.2 Å². The van der Waals surface area contributed by atoms with E-state index in [2.05, 4.69) is 51.6 Å². The SMILES string of the molecule is C=CC(=O)N1C/C=C\[C@@H]2C[C@@]2(C(=O)NS(=O)(=O)C2CC2)CC(=O)[C@@H]2CC(OC(=O)N3Cc4cccc(F)c4C3)CN2C(=O)[C@@H](CC(=O)OC(C)(C)C)CCC1.C=CCN(CCC[C@H](CC(=O)OC(C)(C)C)C(=O)O)C(=O)OCC1c2ccccc2-c2ccccc21.COC(=O)[C@H](CCC(=O)O)CC(=O)OC(C)(C)C.COC(=O)[C@H](CCC=O)CC(=O)OC(C)(C)C. The number of carbonyl (C=O) groups excluding carboxylic acids is 13. The fourth-order valence-corrected chi connectivity index (χ4v) is 16.4. The van der Waals surface area contributed by atoms with Crippen LogP contribution in [0.4, 0.5) is 14.0 Å². The first kappa shape index (κ1) is 104. The van der Waals surface area contributed by atoms with Crippen LogP contribution in [0.3, 0.4) is 0 Å². The van der Waals surface area contributed by atoms with Crippen LogP contribution in [-0.2, 0) is 123 Å². The van der Waals surface area contributed by atoms with Crippen LogP contribution in [0.5, 0.6) is 0 Å². The van der Waals surface area contributed by atoms with Gasteiger partial charge in [-0.25, -0.2) is 22.4 Å². The summed E-state index contributed by atoms with van der Waals surface area (Å²) in [5.41, 5.74) is 1.42. The number of esters is 6. The number of ketones is 1. The number of nitrogens with one attached hydrogen (secondary N) is 1. The number of methoxy groups -OCH3 is 2. The van der Waals surface area contributed by atoms with Gasteiger partial charge in [-0.05, 0) is 187 Å². The molecule has 3 N–H and O–H groups in total. The maximum Gasteiger partial charge on any atom is 0.410 e. The van der Waals surface area contributed by atoms with Crippen molar-refractivity contribution in [3.05, 3.63) is 132 Å². The van der Waals surface area contributed by atoms with Crippen molar-refractivity contribution in [3.8, 4) is 11.1 Å². The van der Waals surface area contributed by atoms with Gasteiger partial charge in [0.05, 0.1) is 87.5 Å². The van der Waals surface area contributed by atoms with Crippen LogP contribution in [0.2, 0.25) is 0 Å². The molecule has 692 valence electrons. The van der Waals surface area contributed by atoms with Gasteiger partial charge in [-0.1, -0.05) is 85.5 Å². The van der Waals surface area contributed by atoms with E-state index >= 15 is 0 Å². The topological polar surface area (TPSA) is 429 Å². The van der Waals surface area contributed by atoms with Gasteiger partial charge in [0, 0.05) is 75.8 Å². The molecule has 9 rings (SSSR count). The number of hydrogen-bond acceptors (Lipinski definition) is 25. The van der Waals surface area contributed by atoms with E-state index in [4.69, 9.17) is 33.5 Å². The normalized spacial score (nSPS) is 19.5. The van der Waals surface area contributed by atoms with Gasteiger partial charge in [0.25, 0.3) is 0 Å². The van der Waals surface area contributed by atoms with E-state index in [0.29, 0.717) is 56.1 Å². The third kappa shape index (κ3) is 32.7. The fraction of sp³-hybridized carbons (Fsp3) is 0.576. The first-order valence-electron chi connectivity index (χ1n) is 42.3. The predicted octanol–water partition coefficient (Wildman–Crippen LogP) is 12.0. The standard InChI is InChI=1S/C39H49FN4O10S.C29H35NO6.C12H20O6.C12H20O5/c1-5-33(46)42-15-7-10-24(17-34(47)54-38(2,3)4)35(48)44-22-27(53-37(50)43-21-25-9-6-12-30(40)29(25)23-43)18-31(44)32(45)20-39(19-26(39)11-8-16-42)36(49)41-55(51,52)28-13-14-28;1-5-16-30(17-10-11-20(27(32)33)18-26(31)36-29(2,3)4)28(34)35-19-25-23-14-8-6-12-21(23)22-13-7-9-15-24(22)25;1-12(2,3)18-10(15)7-8(11(16)17-4)5-6-9(13)14;1-12(2,3)17-10(14)8-9(6-5-7-13)11(15)16-4/h5-6,8-9,11-12,24,26-28,31H,1,7,10,13-23H2,2-4H3,(H,41,49);5-9,12-15,20,25H,1,10-11,16-19H2,2-4H3,(H,32,33);8H,5-7H2,1-4H3,(H,13,14);7,9H,5-6,8H2,1-4H3/b11-8-;;;/t24-,26-,27?,31+,39-;20-;8-;9-/m1111/s1. The van der Waals surface area contributed by atoms with Crippen molar-refractivity contribution < 1.29 is 133 Å². The molecule has 3 aromatic carbocycles. The summed E-state index contributed by atoms with van der Waals surface area (Å²) in [4.78, 5) is 191. The van der Waals surface area contributed by atoms with Gasteiger partial charge in [-0.15, -0.1) is 6.58 Å². The zero-order valence-electron chi connectivity index (χ0n) is 74.7. The first-order valence-corrected chi connectivity index (χ1v) is 43.8. The summed E-state index contributed by atoms with van der Waals surface area (Å²) in [5.74, 6) is -11.9. The van der Waals surface area contributed by atoms with Crippen LogP contribution in [0, 0.1) is 40.8 Å². The van der Waals surface area contributed by atoms with Gasteiger partial charge in [-0.3, -0.25) is 67.2 Å². The van der Waals surface area contributed by atoms with Gasteiger partial charge in [0.15, 0.2) is 5.78 Å². The molecule has 1 saturated heterocycles. The summed E-state index contributed by atoms with van der Waals surface area (Å²) in [7, 11) is -1.50. The second kappa shape index (κ2) is 46.3. The van der Waals surface area contributed by atoms with Crippen molar-refractivity contribution in [2.24, 2.45) is 35.0 Å². The lowest BCUT2D eigenvalue weighted by molar-refractivity contribution is -0.161. The van der Waals surface area contributed by atoms with Gasteiger partial charge in [0.2, 0.25) is 27.7 Å². The molecule has 6 aliphatic rings. The molecular weight excluding hydrogens is 1660 g/mol. The number of halogens is 1. The van der Waals surface area contributed by atoms with Crippen molar-refractivity contribution in [1.29, 1.82) is 0 Å². The number of allylic oxidation sites excluding steroid dienone is 1. The molecule has 5 amide bonds. The predicted molar refractivity (Wildman–Crippen MR) is 457 cm³/mol. The molecule has 0 aromatic heterocycles. The number of sulfonamides is 1. The Morgan fingerprint density at radius 2 is 1.24 bits per heavy atom. The Morgan fingerprint density at radius 1 is 0.690 bits per heavy atom. The monoisotopic (exact) mass is 1780 g/mol. The Morgan fingerprint density at radius 3 is 1.75 bits per heavy atom. The van der Waals surface area contributed by atoms with E-state index in [1.807, 2.05) is 24.3 Å². The number of hydrogen-bond donors (Lipinski definition) is 3. The van der Waals surface area contributed by atoms with Gasteiger partial charge >= 0.3 is 59.9 Å². The van der Waals surface area contributed by atoms with E-state index in [1.54, 1.807) is 113 Å². The number of aldehydes is 1. The molecule has 8 atom stereocenters. The quantitative estimate of drug-likeness (QED) is 0.0183. The molecule has 0 bridgehead atoms. The molecule has 34 heteroatoms. The van der Waals surface area contributed by atoms with Crippen LogP contribution >= 0.6 is 0 Å². The number of carbonyl (C=O) groups is 15. The summed E-state index contributed by atoms with van der Waals surface area (Å²) in [6, 6.07) is 19.7. The summed E-state index contributed by atoms with van der Waals surface area (Å²) in [6.45, 7) is 29.0. The number of fused-ring (bicyclic) bond motifs is 6. The number of benzene rings is 3. The average molecular weight is 1780 g/mol. The zero-order chi connectivity index (χ0) is 94.0. The van der Waals surface area contributed by atoms with Crippen LogP contribution in [0.15, 0.2) is 104 Å². The maximum absolute atomic E-state index is 14.5. The molecule has 0 radical (unpaired) electrons. The van der Waals surface area contributed by atoms with E-state index in [0.717, 1.165) is 28.3 Å². The molecule has 2 saturated carbocycles. The molecule has 126 heavy (non-hydrogen) atoms. The van der Waals surface area contributed by atoms with E-state index in [1.165, 1.54) is 39.9 Å². The van der Waals surface area contributed by atoms with E-state index in [9.17, 15) is 89.8 Å². The lowest BCUT2D eigenvalue weighted by Crippen LogP contribution is -2.46. The molecule has 0 spiro atoms. The second-order valence-corrected chi connectivity index (χ2v) is 38.0. The maximum atomic E-state index is 14.5. The molecular formula is C92H124FN5O27S. The molecule has 3 heterocycles. The highest BCUT2D eigenvalue weighted by atomic mass is 32.2. The minimum atomic E-state index is -3.96. The minimum Gasteiger partial charge on any atom is -0.481 e. The van der Waals surface area contributed by atoms with E-state index < -0.39 is 175 Å². The second-order valence-electron chi connectivity index (χ2n) is 36.0. The molecule has 3 aliphatic heterocycles. The van der Waals surface area contributed by atoms with Crippen molar-refractivity contribution >= 4 is 99.8 Å². The Labute approximate surface area is 736 Å². The molecule has 3 aliphatic carbocycles. The fourth-order valence-electron chi connectivity index (χ4n) is 15.0. The highest BCUT2D eigenvalue weighted by Gasteiger charge is 2.62. The lowest BCUT2D eigenvalue weighted by Gasteiger charge is -2.29. The zero-order valence-corrected chi connectivity index (χ0v) is 75.5. The number of carboxylic acids is 2. The summed E-state index contributed by atoms with van der Waals surface area (Å²) >= 11 is 0. The Kier molecular flexibility index (Phi) is 38.1. The van der Waals surface area contributed by atoms with Crippen molar-refractivity contribution in [1.82, 2.24) is 24.3 Å². The summed E-state index contributed by atoms with van der Waals surface area (Å²) in [6.07, 6.45) is 5.91. The van der Waals surface area contributed by atoms with Crippen molar-refractivity contribution in [3.63, 3.8) is 0 Å². The summed E-state index contributed by atoms with van der Waals surface area (Å²) in [5, 5.41) is 17.4. The van der Waals surface area contributed by atoms with Crippen LogP contribution in [-0.4, -0.2) is 221 Å². The number of rotatable bonds is 30. The molecule has 1 unspecified atom stereocenters. The van der Waals surface area contributed by atoms with Gasteiger partial charge < -0.3 is 67.6 Å². The van der Waals surface area contributed by atoms with E-state index in [-0.39, 0.29) is 128 Å². The largest absolute Gasteiger partial charge is 0.481 e. The number of amides is 5. The Hall–Kier alpha value is -11.2. The highest BCUT2D eigenvalue weighted by molar-refractivity contribution is 7.91. The van der Waals surface area contributed by atoms with Crippen LogP contribution in [0.25, 0.3) is 11.1 Å². The summed E-state index contributed by atoms with van der Waals surface area (Å²) < 4.78 is 84.1. The van der Waals surface area contributed by atoms with Crippen LogP contribution < -0.4 is 4.72 Å². The molecule has 3 fully saturated rings.